The van der Waals surface area contributed by atoms with Crippen LogP contribution in [0.15, 0.2) is 12.1 Å². The number of benzene rings is 1. The molecule has 1 aliphatic rings. The van der Waals surface area contributed by atoms with E-state index in [1.165, 1.54) is 24.8 Å². The van der Waals surface area contributed by atoms with Gasteiger partial charge in [-0.05, 0) is 31.4 Å². The lowest BCUT2D eigenvalue weighted by Gasteiger charge is -2.36. The van der Waals surface area contributed by atoms with Crippen molar-refractivity contribution in [2.45, 2.75) is 44.6 Å². The lowest BCUT2D eigenvalue weighted by atomic mass is 9.75. The van der Waals surface area contributed by atoms with Gasteiger partial charge in [-0.25, -0.2) is 0 Å². The van der Waals surface area contributed by atoms with Crippen LogP contribution in [0.2, 0.25) is 0 Å². The molecule has 18 heavy (non-hydrogen) atoms. The van der Waals surface area contributed by atoms with Gasteiger partial charge in [0.15, 0.2) is 11.5 Å². The van der Waals surface area contributed by atoms with Crippen LogP contribution >= 0.6 is 0 Å². The average Bonchev–Trinajstić information content (AvgIpc) is 2.38. The zero-order valence-corrected chi connectivity index (χ0v) is 11.6. The van der Waals surface area contributed by atoms with Crippen LogP contribution in [-0.2, 0) is 5.54 Å². The van der Waals surface area contributed by atoms with Gasteiger partial charge in [-0.15, -0.1) is 0 Å². The van der Waals surface area contributed by atoms with Crippen LogP contribution in [0, 0.1) is 6.92 Å². The quantitative estimate of drug-likeness (QED) is 0.895. The second-order valence-electron chi connectivity index (χ2n) is 5.21. The number of hydrogen-bond acceptors (Lipinski definition) is 3. The fraction of sp³-hybridized carbons (Fsp3) is 0.600. The molecular weight excluding hydrogens is 226 g/mol. The van der Waals surface area contributed by atoms with Crippen molar-refractivity contribution in [1.29, 1.82) is 0 Å². The molecule has 1 fully saturated rings. The van der Waals surface area contributed by atoms with E-state index in [2.05, 4.69) is 13.0 Å². The van der Waals surface area contributed by atoms with Gasteiger partial charge in [-0.2, -0.15) is 0 Å². The smallest absolute Gasteiger partial charge is 0.166 e. The van der Waals surface area contributed by atoms with E-state index in [-0.39, 0.29) is 5.54 Å². The minimum Gasteiger partial charge on any atom is -0.493 e. The first-order valence-electron chi connectivity index (χ1n) is 6.63. The third-order valence-electron chi connectivity index (χ3n) is 4.00. The van der Waals surface area contributed by atoms with Crippen molar-refractivity contribution in [3.05, 3.63) is 23.3 Å². The van der Waals surface area contributed by atoms with E-state index in [9.17, 15) is 0 Å². The van der Waals surface area contributed by atoms with E-state index in [1.807, 2.05) is 6.07 Å². The van der Waals surface area contributed by atoms with Crippen LogP contribution in [0.1, 0.15) is 43.2 Å². The largest absolute Gasteiger partial charge is 0.493 e. The number of aryl methyl sites for hydroxylation is 1. The maximum Gasteiger partial charge on any atom is 0.166 e. The molecule has 1 aliphatic carbocycles. The Morgan fingerprint density at radius 3 is 2.28 bits per heavy atom. The lowest BCUT2D eigenvalue weighted by molar-refractivity contribution is 0.281. The first kappa shape index (κ1) is 13.2. The Bertz CT molecular complexity index is 423. The van der Waals surface area contributed by atoms with Crippen LogP contribution in [0.25, 0.3) is 0 Å². The van der Waals surface area contributed by atoms with Crippen molar-refractivity contribution in [1.82, 2.24) is 0 Å². The van der Waals surface area contributed by atoms with Crippen molar-refractivity contribution in [3.63, 3.8) is 0 Å². The average molecular weight is 249 g/mol. The predicted molar refractivity (Wildman–Crippen MR) is 73.2 cm³/mol. The number of methoxy groups -OCH3 is 2. The Balaban J connectivity index is 2.53. The summed E-state index contributed by atoms with van der Waals surface area (Å²) in [6.45, 7) is 2.10. The fourth-order valence-electron chi connectivity index (χ4n) is 3.08. The van der Waals surface area contributed by atoms with Gasteiger partial charge in [0.25, 0.3) is 0 Å². The molecule has 0 saturated heterocycles. The first-order valence-corrected chi connectivity index (χ1v) is 6.63. The summed E-state index contributed by atoms with van der Waals surface area (Å²) in [5.41, 5.74) is 8.70. The highest BCUT2D eigenvalue weighted by Gasteiger charge is 2.34. The SMILES string of the molecule is COc1ccc(C)c(C2(N)CCCCC2)c1OC. The zero-order chi connectivity index (χ0) is 13.2. The van der Waals surface area contributed by atoms with Crippen LogP contribution in [0.5, 0.6) is 11.5 Å². The van der Waals surface area contributed by atoms with Crippen molar-refractivity contribution < 1.29 is 9.47 Å². The summed E-state index contributed by atoms with van der Waals surface area (Å²) in [6, 6.07) is 4.02. The van der Waals surface area contributed by atoms with E-state index in [0.29, 0.717) is 0 Å². The molecule has 2 N–H and O–H groups in total. The van der Waals surface area contributed by atoms with E-state index in [4.69, 9.17) is 15.2 Å². The van der Waals surface area contributed by atoms with Gasteiger partial charge < -0.3 is 15.2 Å². The standard InChI is InChI=1S/C15H23NO2/c1-11-7-8-12(17-2)14(18-3)13(11)15(16)9-5-4-6-10-15/h7-8H,4-6,9-10,16H2,1-3H3. The normalized spacial score (nSPS) is 18.4. The second-order valence-corrected chi connectivity index (χ2v) is 5.21. The summed E-state index contributed by atoms with van der Waals surface area (Å²) in [7, 11) is 3.36. The van der Waals surface area contributed by atoms with Gasteiger partial charge in [0, 0.05) is 11.1 Å². The van der Waals surface area contributed by atoms with Gasteiger partial charge in [0.1, 0.15) is 0 Å². The van der Waals surface area contributed by atoms with Gasteiger partial charge in [-0.3, -0.25) is 0 Å². The molecule has 0 atom stereocenters. The number of rotatable bonds is 3. The number of ether oxygens (including phenoxy) is 2. The highest BCUT2D eigenvalue weighted by Crippen LogP contribution is 2.44. The second kappa shape index (κ2) is 5.19. The summed E-state index contributed by atoms with van der Waals surface area (Å²) in [5.74, 6) is 1.58. The third-order valence-corrected chi connectivity index (χ3v) is 4.00. The van der Waals surface area contributed by atoms with Gasteiger partial charge >= 0.3 is 0 Å². The maximum atomic E-state index is 6.65. The van der Waals surface area contributed by atoms with Crippen molar-refractivity contribution in [2.75, 3.05) is 14.2 Å². The highest BCUT2D eigenvalue weighted by atomic mass is 16.5. The molecule has 3 nitrogen and oxygen atoms in total. The maximum absolute atomic E-state index is 6.65. The minimum atomic E-state index is -0.262. The van der Waals surface area contributed by atoms with Gasteiger partial charge in [0.05, 0.1) is 14.2 Å². The molecule has 0 spiro atoms. The molecule has 0 heterocycles. The summed E-state index contributed by atoms with van der Waals surface area (Å²) in [4.78, 5) is 0. The number of hydrogen-bond donors (Lipinski definition) is 1. The Labute approximate surface area is 109 Å². The van der Waals surface area contributed by atoms with Crippen LogP contribution in [0.4, 0.5) is 0 Å². The summed E-state index contributed by atoms with van der Waals surface area (Å²) >= 11 is 0. The van der Waals surface area contributed by atoms with E-state index in [0.717, 1.165) is 29.9 Å². The zero-order valence-electron chi connectivity index (χ0n) is 11.6. The van der Waals surface area contributed by atoms with Crippen molar-refractivity contribution >= 4 is 0 Å². The van der Waals surface area contributed by atoms with Crippen LogP contribution in [-0.4, -0.2) is 14.2 Å². The fourth-order valence-corrected chi connectivity index (χ4v) is 3.08. The topological polar surface area (TPSA) is 44.5 Å². The van der Waals surface area contributed by atoms with E-state index >= 15 is 0 Å². The molecule has 100 valence electrons. The molecule has 0 aliphatic heterocycles. The molecule has 3 heteroatoms. The summed E-state index contributed by atoms with van der Waals surface area (Å²) < 4.78 is 10.9. The molecule has 0 amide bonds. The van der Waals surface area contributed by atoms with Crippen LogP contribution in [0.3, 0.4) is 0 Å². The number of nitrogens with two attached hydrogens (primary N) is 1. The Hall–Kier alpha value is -1.22. The Morgan fingerprint density at radius 1 is 1.06 bits per heavy atom. The monoisotopic (exact) mass is 249 g/mol. The third kappa shape index (κ3) is 2.19. The molecule has 2 rings (SSSR count). The van der Waals surface area contributed by atoms with Crippen LogP contribution < -0.4 is 15.2 Å². The molecule has 1 aromatic carbocycles. The van der Waals surface area contributed by atoms with Gasteiger partial charge in [-0.1, -0.05) is 25.3 Å². The first-order chi connectivity index (χ1) is 8.62. The molecule has 0 radical (unpaired) electrons. The molecule has 0 aromatic heterocycles. The predicted octanol–water partition coefficient (Wildman–Crippen LogP) is 3.13. The Morgan fingerprint density at radius 2 is 1.72 bits per heavy atom. The van der Waals surface area contributed by atoms with E-state index in [1.54, 1.807) is 14.2 Å². The molecule has 1 saturated carbocycles. The van der Waals surface area contributed by atoms with Gasteiger partial charge in [0.2, 0.25) is 0 Å². The van der Waals surface area contributed by atoms with Crippen molar-refractivity contribution in [3.8, 4) is 11.5 Å². The molecule has 1 aromatic rings. The summed E-state index contributed by atoms with van der Waals surface area (Å²) in [6.07, 6.45) is 5.71. The highest BCUT2D eigenvalue weighted by molar-refractivity contribution is 5.53. The molecular formula is C15H23NO2. The molecule has 0 bridgehead atoms. The van der Waals surface area contributed by atoms with Crippen molar-refractivity contribution in [2.24, 2.45) is 5.73 Å². The van der Waals surface area contributed by atoms with E-state index < -0.39 is 0 Å². The lowest BCUT2D eigenvalue weighted by Crippen LogP contribution is -2.39. The Kier molecular flexibility index (Phi) is 3.81. The minimum absolute atomic E-state index is 0.262. The summed E-state index contributed by atoms with van der Waals surface area (Å²) in [5, 5.41) is 0. The molecule has 0 unspecified atom stereocenters.